The highest BCUT2D eigenvalue weighted by Crippen LogP contribution is 2.24. The molecule has 0 radical (unpaired) electrons. The van der Waals surface area contributed by atoms with Crippen LogP contribution in [-0.4, -0.2) is 24.9 Å². The number of carbonyl (C=O) groups is 2. The van der Waals surface area contributed by atoms with Gasteiger partial charge in [-0.05, 0) is 37.1 Å². The molecular weight excluding hydrogens is 324 g/mol. The maximum Gasteiger partial charge on any atom is 0.252 e. The third-order valence-corrected chi connectivity index (χ3v) is 4.16. The Morgan fingerprint density at radius 3 is 2.25 bits per heavy atom. The lowest BCUT2D eigenvalue weighted by molar-refractivity contribution is -0.116. The predicted molar refractivity (Wildman–Crippen MR) is 97.7 cm³/mol. The summed E-state index contributed by atoms with van der Waals surface area (Å²) in [7, 11) is 0. The summed E-state index contributed by atoms with van der Waals surface area (Å²) in [6, 6.07) is 12.8. The Morgan fingerprint density at radius 1 is 1.04 bits per heavy atom. The molecule has 2 rings (SSSR count). The lowest BCUT2D eigenvalue weighted by Crippen LogP contribution is -2.38. The molecule has 0 fully saturated rings. The number of halogens is 1. The fourth-order valence-electron chi connectivity index (χ4n) is 2.68. The molecule has 0 saturated carbocycles. The zero-order chi connectivity index (χ0) is 17.7. The van der Waals surface area contributed by atoms with E-state index in [0.29, 0.717) is 23.7 Å². The molecule has 0 bridgehead atoms. The Bertz CT molecular complexity index is 739. The van der Waals surface area contributed by atoms with Gasteiger partial charge in [0, 0.05) is 25.7 Å². The average molecular weight is 345 g/mol. The average Bonchev–Trinajstić information content (AvgIpc) is 2.53. The normalized spacial score (nSPS) is 10.3. The van der Waals surface area contributed by atoms with E-state index < -0.39 is 0 Å². The Morgan fingerprint density at radius 2 is 1.67 bits per heavy atom. The summed E-state index contributed by atoms with van der Waals surface area (Å²) in [6.45, 7) is 6.22. The number of hydrogen-bond acceptors (Lipinski definition) is 2. The second-order valence-corrected chi connectivity index (χ2v) is 6.05. The number of amides is 2. The van der Waals surface area contributed by atoms with Crippen LogP contribution in [0.4, 0.5) is 5.69 Å². The van der Waals surface area contributed by atoms with Crippen molar-refractivity contribution in [1.29, 1.82) is 0 Å². The molecule has 4 nitrogen and oxygen atoms in total. The summed E-state index contributed by atoms with van der Waals surface area (Å²) in [5, 5.41) is 3.23. The first-order chi connectivity index (χ1) is 11.4. The number of hydrogen-bond donors (Lipinski definition) is 1. The number of nitrogens with zero attached hydrogens (tertiary/aromatic N) is 1. The standard InChI is InChI=1S/C19H21ClN2O2/c1-13-7-6-8-14(2)18(13)22(15(3)23)12-11-21-19(24)16-9-4-5-10-17(16)20/h4-10H,11-12H2,1-3H3,(H,21,24). The molecule has 2 amide bonds. The van der Waals surface area contributed by atoms with E-state index >= 15 is 0 Å². The van der Waals surface area contributed by atoms with Crippen LogP contribution in [0.15, 0.2) is 42.5 Å². The monoisotopic (exact) mass is 344 g/mol. The molecule has 5 heteroatoms. The lowest BCUT2D eigenvalue weighted by atomic mass is 10.1. The maximum absolute atomic E-state index is 12.2. The highest BCUT2D eigenvalue weighted by molar-refractivity contribution is 6.33. The number of para-hydroxylation sites is 1. The molecule has 1 N–H and O–H groups in total. The Hall–Kier alpha value is -2.33. The molecule has 24 heavy (non-hydrogen) atoms. The summed E-state index contributed by atoms with van der Waals surface area (Å²) in [5.74, 6) is -0.301. The van der Waals surface area contributed by atoms with E-state index in [1.54, 1.807) is 29.2 Å². The third kappa shape index (κ3) is 4.15. The van der Waals surface area contributed by atoms with Gasteiger partial charge in [0.2, 0.25) is 5.91 Å². The Kier molecular flexibility index (Phi) is 5.99. The molecule has 126 valence electrons. The minimum atomic E-state index is -0.245. The third-order valence-electron chi connectivity index (χ3n) is 3.83. The fraction of sp³-hybridized carbons (Fsp3) is 0.263. The maximum atomic E-state index is 12.2. The van der Waals surface area contributed by atoms with Crippen molar-refractivity contribution in [3.8, 4) is 0 Å². The number of aryl methyl sites for hydroxylation is 2. The summed E-state index contributed by atoms with van der Waals surface area (Å²) in [4.78, 5) is 25.9. The summed E-state index contributed by atoms with van der Waals surface area (Å²) in [5.41, 5.74) is 3.39. The molecule has 0 spiro atoms. The van der Waals surface area contributed by atoms with E-state index in [9.17, 15) is 9.59 Å². The number of rotatable bonds is 5. The lowest BCUT2D eigenvalue weighted by Gasteiger charge is -2.25. The van der Waals surface area contributed by atoms with Crippen LogP contribution in [0.1, 0.15) is 28.4 Å². The quantitative estimate of drug-likeness (QED) is 0.898. The molecule has 2 aromatic carbocycles. The van der Waals surface area contributed by atoms with Gasteiger partial charge in [-0.2, -0.15) is 0 Å². The van der Waals surface area contributed by atoms with E-state index in [2.05, 4.69) is 5.32 Å². The minimum absolute atomic E-state index is 0.0561. The molecule has 0 atom stereocenters. The Labute approximate surface area is 147 Å². The summed E-state index contributed by atoms with van der Waals surface area (Å²) in [6.07, 6.45) is 0. The summed E-state index contributed by atoms with van der Waals surface area (Å²) >= 11 is 6.02. The second-order valence-electron chi connectivity index (χ2n) is 5.65. The fourth-order valence-corrected chi connectivity index (χ4v) is 2.90. The van der Waals surface area contributed by atoms with E-state index in [4.69, 9.17) is 11.6 Å². The van der Waals surface area contributed by atoms with Gasteiger partial charge in [-0.15, -0.1) is 0 Å². The second kappa shape index (κ2) is 7.97. The summed E-state index contributed by atoms with van der Waals surface area (Å²) < 4.78 is 0. The van der Waals surface area contributed by atoms with Crippen LogP contribution < -0.4 is 10.2 Å². The number of nitrogens with one attached hydrogen (secondary N) is 1. The van der Waals surface area contributed by atoms with Crippen LogP contribution in [0.5, 0.6) is 0 Å². The van der Waals surface area contributed by atoms with Gasteiger partial charge in [-0.3, -0.25) is 9.59 Å². The molecule has 0 unspecified atom stereocenters. The van der Waals surface area contributed by atoms with Crippen molar-refractivity contribution in [2.75, 3.05) is 18.0 Å². The molecule has 0 aliphatic carbocycles. The van der Waals surface area contributed by atoms with Gasteiger partial charge in [-0.1, -0.05) is 41.9 Å². The SMILES string of the molecule is CC(=O)N(CCNC(=O)c1ccccc1Cl)c1c(C)cccc1C. The molecule has 0 heterocycles. The van der Waals surface area contributed by atoms with Crippen LogP contribution in [0.25, 0.3) is 0 Å². The molecule has 0 aromatic heterocycles. The van der Waals surface area contributed by atoms with Crippen LogP contribution in [0.2, 0.25) is 5.02 Å². The number of anilines is 1. The number of benzene rings is 2. The smallest absolute Gasteiger partial charge is 0.252 e. The highest BCUT2D eigenvalue weighted by Gasteiger charge is 2.16. The van der Waals surface area contributed by atoms with Crippen molar-refractivity contribution in [3.63, 3.8) is 0 Å². The van der Waals surface area contributed by atoms with Crippen molar-refractivity contribution in [2.45, 2.75) is 20.8 Å². The van der Waals surface area contributed by atoms with Crippen molar-refractivity contribution < 1.29 is 9.59 Å². The van der Waals surface area contributed by atoms with E-state index in [1.807, 2.05) is 32.0 Å². The van der Waals surface area contributed by atoms with Gasteiger partial charge in [-0.25, -0.2) is 0 Å². The molecule has 0 aliphatic heterocycles. The number of carbonyl (C=O) groups excluding carboxylic acids is 2. The van der Waals surface area contributed by atoms with Crippen LogP contribution >= 0.6 is 11.6 Å². The largest absolute Gasteiger partial charge is 0.350 e. The van der Waals surface area contributed by atoms with E-state index in [0.717, 1.165) is 16.8 Å². The molecule has 0 aliphatic rings. The van der Waals surface area contributed by atoms with Crippen LogP contribution in [0.3, 0.4) is 0 Å². The Balaban J connectivity index is 2.07. The van der Waals surface area contributed by atoms with E-state index in [1.165, 1.54) is 6.92 Å². The first-order valence-corrected chi connectivity index (χ1v) is 8.16. The minimum Gasteiger partial charge on any atom is -0.350 e. The van der Waals surface area contributed by atoms with Gasteiger partial charge in [0.1, 0.15) is 0 Å². The predicted octanol–water partition coefficient (Wildman–Crippen LogP) is 3.74. The highest BCUT2D eigenvalue weighted by atomic mass is 35.5. The first-order valence-electron chi connectivity index (χ1n) is 7.79. The zero-order valence-corrected chi connectivity index (χ0v) is 14.9. The molecule has 2 aromatic rings. The van der Waals surface area contributed by atoms with Crippen molar-refractivity contribution in [3.05, 3.63) is 64.2 Å². The van der Waals surface area contributed by atoms with Crippen molar-refractivity contribution in [2.24, 2.45) is 0 Å². The van der Waals surface area contributed by atoms with Crippen molar-refractivity contribution >= 4 is 29.1 Å². The first kappa shape index (κ1) is 18.0. The van der Waals surface area contributed by atoms with E-state index in [-0.39, 0.29) is 11.8 Å². The van der Waals surface area contributed by atoms with Gasteiger partial charge >= 0.3 is 0 Å². The zero-order valence-electron chi connectivity index (χ0n) is 14.1. The van der Waals surface area contributed by atoms with Crippen LogP contribution in [0, 0.1) is 13.8 Å². The topological polar surface area (TPSA) is 49.4 Å². The van der Waals surface area contributed by atoms with Crippen molar-refractivity contribution in [1.82, 2.24) is 5.32 Å². The van der Waals surface area contributed by atoms with Gasteiger partial charge in [0.15, 0.2) is 0 Å². The van der Waals surface area contributed by atoms with Crippen LogP contribution in [-0.2, 0) is 4.79 Å². The molecular formula is C19H21ClN2O2. The van der Waals surface area contributed by atoms with Gasteiger partial charge in [0.05, 0.1) is 10.6 Å². The molecule has 0 saturated heterocycles. The van der Waals surface area contributed by atoms with Gasteiger partial charge in [0.25, 0.3) is 5.91 Å². The van der Waals surface area contributed by atoms with Gasteiger partial charge < -0.3 is 10.2 Å².